The smallest absolute Gasteiger partial charge is 0.262 e. The highest BCUT2D eigenvalue weighted by Crippen LogP contribution is 2.17. The molecule has 0 atom stereocenters. The van der Waals surface area contributed by atoms with Gasteiger partial charge >= 0.3 is 0 Å². The summed E-state index contributed by atoms with van der Waals surface area (Å²) in [5.74, 6) is -0.188. The molecule has 1 heterocycles. The van der Waals surface area contributed by atoms with E-state index in [1.807, 2.05) is 0 Å². The van der Waals surface area contributed by atoms with Crippen LogP contribution < -0.4 is 10.0 Å². The highest BCUT2D eigenvalue weighted by atomic mass is 32.2. The van der Waals surface area contributed by atoms with Gasteiger partial charge < -0.3 is 5.32 Å². The van der Waals surface area contributed by atoms with Gasteiger partial charge in [0.25, 0.3) is 10.0 Å². The van der Waals surface area contributed by atoms with Gasteiger partial charge in [-0.1, -0.05) is 30.7 Å². The molecule has 0 saturated heterocycles. The highest BCUT2D eigenvalue weighted by Gasteiger charge is 2.18. The lowest BCUT2D eigenvalue weighted by atomic mass is 10.1. The van der Waals surface area contributed by atoms with Gasteiger partial charge in [-0.25, -0.2) is 12.8 Å². The second-order valence-electron chi connectivity index (χ2n) is 6.91. The summed E-state index contributed by atoms with van der Waals surface area (Å²) in [6.07, 6.45) is 3.85. The average molecular weight is 418 g/mol. The van der Waals surface area contributed by atoms with Gasteiger partial charge in [-0.05, 0) is 49.1 Å². The Morgan fingerprint density at radius 2 is 1.90 bits per heavy atom. The fraction of sp³-hybridized carbons (Fsp3) is 0.333. The lowest BCUT2D eigenvalue weighted by Crippen LogP contribution is -2.30. The lowest BCUT2D eigenvalue weighted by molar-refractivity contribution is -0.116. The molecule has 2 aromatic rings. The zero-order valence-electron chi connectivity index (χ0n) is 16.0. The minimum atomic E-state index is -3.78. The first kappa shape index (κ1) is 21.0. The normalized spacial score (nSPS) is 14.6. The Kier molecular flexibility index (Phi) is 6.98. The summed E-state index contributed by atoms with van der Waals surface area (Å²) < 4.78 is 41.5. The quantitative estimate of drug-likeness (QED) is 0.752. The predicted octanol–water partition coefficient (Wildman–Crippen LogP) is 3.65. The monoisotopic (exact) mass is 417 g/mol. The molecule has 0 aromatic heterocycles. The molecular formula is C21H24FN3O3S. The minimum absolute atomic E-state index is 0.0522. The number of amides is 1. The molecule has 1 amide bonds. The van der Waals surface area contributed by atoms with E-state index in [1.54, 1.807) is 30.3 Å². The molecule has 2 aromatic carbocycles. The summed E-state index contributed by atoms with van der Waals surface area (Å²) in [6, 6.07) is 12.4. The first-order valence-electron chi connectivity index (χ1n) is 9.63. The number of amidine groups is 1. The van der Waals surface area contributed by atoms with Crippen LogP contribution in [0.15, 0.2) is 58.4 Å². The van der Waals surface area contributed by atoms with Crippen molar-refractivity contribution in [1.82, 2.24) is 4.72 Å². The number of hydrogen-bond acceptors (Lipinski definition) is 4. The van der Waals surface area contributed by atoms with Crippen molar-refractivity contribution in [3.63, 3.8) is 0 Å². The topological polar surface area (TPSA) is 87.6 Å². The van der Waals surface area contributed by atoms with Gasteiger partial charge in [-0.2, -0.15) is 0 Å². The molecule has 29 heavy (non-hydrogen) atoms. The second-order valence-corrected chi connectivity index (χ2v) is 8.59. The van der Waals surface area contributed by atoms with Crippen LogP contribution in [0.2, 0.25) is 0 Å². The molecule has 154 valence electrons. The van der Waals surface area contributed by atoms with E-state index in [1.165, 1.54) is 18.2 Å². The molecule has 3 rings (SSSR count). The third-order valence-corrected chi connectivity index (χ3v) is 6.01. The largest absolute Gasteiger partial charge is 0.326 e. The maximum atomic E-state index is 13.7. The van der Waals surface area contributed by atoms with Crippen molar-refractivity contribution in [2.24, 2.45) is 4.99 Å². The van der Waals surface area contributed by atoms with E-state index in [0.717, 1.165) is 19.3 Å². The summed E-state index contributed by atoms with van der Waals surface area (Å²) in [6.45, 7) is 0.621. The summed E-state index contributed by atoms with van der Waals surface area (Å²) >= 11 is 0. The number of carbonyl (C=O) groups is 1. The van der Waals surface area contributed by atoms with E-state index in [-0.39, 0.29) is 29.5 Å². The van der Waals surface area contributed by atoms with Crippen LogP contribution in [0.25, 0.3) is 0 Å². The fourth-order valence-corrected chi connectivity index (χ4v) is 4.22. The SMILES string of the molecule is O=C(CCc1ccccc1F)Nc1cccc(S(=O)(=O)NC2=NCCCCC2)c1. The van der Waals surface area contributed by atoms with Crippen molar-refractivity contribution in [2.45, 2.75) is 43.4 Å². The summed E-state index contributed by atoms with van der Waals surface area (Å²) in [4.78, 5) is 16.5. The van der Waals surface area contributed by atoms with Gasteiger partial charge in [0.1, 0.15) is 11.7 Å². The predicted molar refractivity (Wildman–Crippen MR) is 111 cm³/mol. The molecule has 0 bridgehead atoms. The van der Waals surface area contributed by atoms with Crippen LogP contribution in [0.4, 0.5) is 10.1 Å². The first-order chi connectivity index (χ1) is 13.9. The van der Waals surface area contributed by atoms with Crippen LogP contribution in [0.3, 0.4) is 0 Å². The van der Waals surface area contributed by atoms with Crippen LogP contribution in [0.5, 0.6) is 0 Å². The Bertz CT molecular complexity index is 1010. The number of benzene rings is 2. The van der Waals surface area contributed by atoms with Gasteiger partial charge in [0.15, 0.2) is 0 Å². The van der Waals surface area contributed by atoms with Crippen molar-refractivity contribution in [3.05, 3.63) is 59.9 Å². The highest BCUT2D eigenvalue weighted by molar-refractivity contribution is 7.90. The van der Waals surface area contributed by atoms with E-state index in [0.29, 0.717) is 30.1 Å². The molecule has 0 saturated carbocycles. The maximum absolute atomic E-state index is 13.7. The number of rotatable bonds is 6. The zero-order valence-corrected chi connectivity index (χ0v) is 16.8. The Morgan fingerprint density at radius 1 is 1.07 bits per heavy atom. The van der Waals surface area contributed by atoms with Gasteiger partial charge in [0.2, 0.25) is 5.91 Å². The Balaban J connectivity index is 1.63. The molecule has 0 spiro atoms. The third-order valence-electron chi connectivity index (χ3n) is 4.63. The van der Waals surface area contributed by atoms with Crippen molar-refractivity contribution in [1.29, 1.82) is 0 Å². The molecule has 6 nitrogen and oxygen atoms in total. The van der Waals surface area contributed by atoms with E-state index in [4.69, 9.17) is 0 Å². The number of carbonyl (C=O) groups excluding carboxylic acids is 1. The number of nitrogens with zero attached hydrogens (tertiary/aromatic N) is 1. The molecule has 0 radical (unpaired) electrons. The summed E-state index contributed by atoms with van der Waals surface area (Å²) in [5.41, 5.74) is 0.835. The van der Waals surface area contributed by atoms with Gasteiger partial charge in [0.05, 0.1) is 4.90 Å². The number of halogens is 1. The fourth-order valence-electron chi connectivity index (χ4n) is 3.09. The second kappa shape index (κ2) is 9.65. The van der Waals surface area contributed by atoms with Gasteiger partial charge in [0, 0.05) is 25.1 Å². The van der Waals surface area contributed by atoms with Crippen LogP contribution in [-0.4, -0.2) is 26.7 Å². The number of anilines is 1. The van der Waals surface area contributed by atoms with Crippen LogP contribution >= 0.6 is 0 Å². The number of sulfonamides is 1. The number of aliphatic imine (C=N–C) groups is 1. The molecule has 1 aliphatic heterocycles. The lowest BCUT2D eigenvalue weighted by Gasteiger charge is -2.11. The van der Waals surface area contributed by atoms with Crippen molar-refractivity contribution >= 4 is 27.5 Å². The van der Waals surface area contributed by atoms with Gasteiger partial charge in [-0.15, -0.1) is 0 Å². The van der Waals surface area contributed by atoms with Crippen LogP contribution in [0.1, 0.15) is 37.7 Å². The molecule has 0 unspecified atom stereocenters. The van der Waals surface area contributed by atoms with Crippen molar-refractivity contribution in [3.8, 4) is 0 Å². The van der Waals surface area contributed by atoms with Gasteiger partial charge in [-0.3, -0.25) is 14.5 Å². The van der Waals surface area contributed by atoms with E-state index in [9.17, 15) is 17.6 Å². The minimum Gasteiger partial charge on any atom is -0.326 e. The molecule has 0 fully saturated rings. The summed E-state index contributed by atoms with van der Waals surface area (Å²) in [5, 5.41) is 2.67. The summed E-state index contributed by atoms with van der Waals surface area (Å²) in [7, 11) is -3.78. The zero-order chi connectivity index (χ0) is 20.7. The van der Waals surface area contributed by atoms with E-state index < -0.39 is 10.0 Å². The van der Waals surface area contributed by atoms with Crippen LogP contribution in [0, 0.1) is 5.82 Å². The van der Waals surface area contributed by atoms with E-state index >= 15 is 0 Å². The third kappa shape index (κ3) is 6.12. The Hall–Kier alpha value is -2.74. The van der Waals surface area contributed by atoms with E-state index in [2.05, 4.69) is 15.0 Å². The molecule has 2 N–H and O–H groups in total. The molecule has 0 aliphatic carbocycles. The average Bonchev–Trinajstić information content (AvgIpc) is 2.96. The molecular weight excluding hydrogens is 393 g/mol. The molecule has 8 heteroatoms. The van der Waals surface area contributed by atoms with Crippen LogP contribution in [-0.2, 0) is 21.2 Å². The number of hydrogen-bond donors (Lipinski definition) is 2. The van der Waals surface area contributed by atoms with Crippen molar-refractivity contribution in [2.75, 3.05) is 11.9 Å². The number of nitrogens with one attached hydrogen (secondary N) is 2. The standard InChI is InChI=1S/C21H24FN3O3S/c22-19-10-4-3-7-16(19)12-13-21(26)24-17-8-6-9-18(15-17)29(27,28)25-20-11-2-1-5-14-23-20/h3-4,6-10,15H,1-2,5,11-14H2,(H,23,25)(H,24,26). The number of aryl methyl sites for hydroxylation is 1. The molecule has 1 aliphatic rings. The first-order valence-corrected chi connectivity index (χ1v) is 11.1. The van der Waals surface area contributed by atoms with Crippen molar-refractivity contribution < 1.29 is 17.6 Å². The maximum Gasteiger partial charge on any atom is 0.262 e. The Morgan fingerprint density at radius 3 is 2.72 bits per heavy atom. The Labute approximate surface area is 170 Å².